The number of aromatic carboxylic acids is 1. The molecule has 1 fully saturated rings. The number of rotatable bonds is 5. The molecule has 5 heteroatoms. The second-order valence-corrected chi connectivity index (χ2v) is 7.03. The predicted molar refractivity (Wildman–Crippen MR) is 84.4 cm³/mol. The van der Waals surface area contributed by atoms with Gasteiger partial charge in [-0.05, 0) is 42.5 Å². The molecule has 1 heterocycles. The Morgan fingerprint density at radius 2 is 2.19 bits per heavy atom. The van der Waals surface area contributed by atoms with Crippen molar-refractivity contribution in [2.45, 2.75) is 39.1 Å². The highest BCUT2D eigenvalue weighted by molar-refractivity contribution is 8.00. The van der Waals surface area contributed by atoms with Crippen LogP contribution in [0, 0.1) is 12.8 Å². The van der Waals surface area contributed by atoms with Crippen molar-refractivity contribution in [3.05, 3.63) is 34.9 Å². The maximum absolute atomic E-state index is 12.1. The lowest BCUT2D eigenvalue weighted by atomic mass is 10.0. The average molecular weight is 307 g/mol. The molecule has 1 aromatic rings. The number of benzene rings is 1. The van der Waals surface area contributed by atoms with Gasteiger partial charge in [0.05, 0.1) is 16.7 Å². The van der Waals surface area contributed by atoms with E-state index < -0.39 is 5.97 Å². The Labute approximate surface area is 129 Å². The highest BCUT2D eigenvalue weighted by atomic mass is 32.2. The molecule has 1 N–H and O–H groups in total. The summed E-state index contributed by atoms with van der Waals surface area (Å²) in [4.78, 5) is 25.0. The van der Waals surface area contributed by atoms with E-state index in [1.165, 1.54) is 0 Å². The number of carboxylic acid groups (broad SMARTS) is 1. The third-order valence-electron chi connectivity index (χ3n) is 3.67. The average Bonchev–Trinajstić information content (AvgIpc) is 2.72. The molecule has 1 atom stereocenters. The van der Waals surface area contributed by atoms with Gasteiger partial charge in [-0.15, -0.1) is 11.8 Å². The maximum atomic E-state index is 12.1. The molecule has 1 amide bonds. The topological polar surface area (TPSA) is 57.6 Å². The minimum atomic E-state index is -0.921. The summed E-state index contributed by atoms with van der Waals surface area (Å²) in [5.41, 5.74) is 2.23. The molecule has 1 unspecified atom stereocenters. The van der Waals surface area contributed by atoms with E-state index in [4.69, 9.17) is 5.11 Å². The zero-order valence-electron chi connectivity index (χ0n) is 12.6. The molecule has 1 aromatic carbocycles. The molecule has 0 spiro atoms. The number of nitrogens with zero attached hydrogens (tertiary/aromatic N) is 1. The number of carboxylic acids is 1. The standard InChI is InChI=1S/C16H21NO3S/c1-10(2)6-15-17(14(18)9-21-15)8-13-5-4-12(16(19)20)7-11(13)3/h4-5,7,10,15H,6,8-9H2,1-3H3,(H,19,20). The van der Waals surface area contributed by atoms with Crippen LogP contribution in [0.3, 0.4) is 0 Å². The molecule has 0 bridgehead atoms. The number of hydrogen-bond donors (Lipinski definition) is 1. The Bertz CT molecular complexity index is 556. The Morgan fingerprint density at radius 1 is 1.48 bits per heavy atom. The molecule has 0 aromatic heterocycles. The number of carbonyl (C=O) groups is 2. The summed E-state index contributed by atoms with van der Waals surface area (Å²) in [7, 11) is 0. The second-order valence-electron chi connectivity index (χ2n) is 5.86. The molecular formula is C16H21NO3S. The van der Waals surface area contributed by atoms with Crippen LogP contribution >= 0.6 is 11.8 Å². The summed E-state index contributed by atoms with van der Waals surface area (Å²) in [5.74, 6) is 0.345. The van der Waals surface area contributed by atoms with Crippen molar-refractivity contribution in [1.29, 1.82) is 0 Å². The van der Waals surface area contributed by atoms with Gasteiger partial charge in [-0.25, -0.2) is 4.79 Å². The summed E-state index contributed by atoms with van der Waals surface area (Å²) in [5, 5.41) is 9.23. The Kier molecular flexibility index (Phi) is 4.93. The van der Waals surface area contributed by atoms with Crippen LogP contribution < -0.4 is 0 Å². The van der Waals surface area contributed by atoms with Crippen molar-refractivity contribution in [1.82, 2.24) is 4.90 Å². The number of thioether (sulfide) groups is 1. The first-order chi connectivity index (χ1) is 9.88. The van der Waals surface area contributed by atoms with Crippen LogP contribution in [-0.4, -0.2) is 33.0 Å². The second kappa shape index (κ2) is 6.52. The fraction of sp³-hybridized carbons (Fsp3) is 0.500. The SMILES string of the molecule is Cc1cc(C(=O)O)ccc1CN1C(=O)CSC1CC(C)C. The molecule has 1 saturated heterocycles. The highest BCUT2D eigenvalue weighted by Crippen LogP contribution is 2.31. The van der Waals surface area contributed by atoms with Gasteiger partial charge in [-0.2, -0.15) is 0 Å². The van der Waals surface area contributed by atoms with Crippen LogP contribution in [0.2, 0.25) is 0 Å². The van der Waals surface area contributed by atoms with E-state index in [1.807, 2.05) is 17.9 Å². The summed E-state index contributed by atoms with van der Waals surface area (Å²) >= 11 is 1.70. The monoisotopic (exact) mass is 307 g/mol. The van der Waals surface area contributed by atoms with Crippen molar-refractivity contribution >= 4 is 23.6 Å². The molecule has 1 aliphatic heterocycles. The van der Waals surface area contributed by atoms with Crippen molar-refractivity contribution < 1.29 is 14.7 Å². The van der Waals surface area contributed by atoms with E-state index in [1.54, 1.807) is 23.9 Å². The Hall–Kier alpha value is -1.49. The van der Waals surface area contributed by atoms with Crippen LogP contribution in [0.4, 0.5) is 0 Å². The van der Waals surface area contributed by atoms with Gasteiger partial charge in [0.15, 0.2) is 0 Å². The number of carbonyl (C=O) groups excluding carboxylic acids is 1. The van der Waals surface area contributed by atoms with Gasteiger partial charge in [0, 0.05) is 6.54 Å². The fourth-order valence-electron chi connectivity index (χ4n) is 2.48. The summed E-state index contributed by atoms with van der Waals surface area (Å²) in [6.07, 6.45) is 0.989. The van der Waals surface area contributed by atoms with Crippen LogP contribution in [0.1, 0.15) is 41.8 Å². The van der Waals surface area contributed by atoms with Gasteiger partial charge >= 0.3 is 5.97 Å². The van der Waals surface area contributed by atoms with Crippen molar-refractivity contribution in [2.24, 2.45) is 5.92 Å². The first-order valence-electron chi connectivity index (χ1n) is 7.12. The quantitative estimate of drug-likeness (QED) is 0.908. The number of amides is 1. The molecule has 4 nitrogen and oxygen atoms in total. The van der Waals surface area contributed by atoms with E-state index >= 15 is 0 Å². The zero-order valence-corrected chi connectivity index (χ0v) is 13.4. The van der Waals surface area contributed by atoms with Gasteiger partial charge in [0.25, 0.3) is 0 Å². The first-order valence-corrected chi connectivity index (χ1v) is 8.17. The lowest BCUT2D eigenvalue weighted by molar-refractivity contribution is -0.128. The molecule has 0 aliphatic carbocycles. The number of aryl methyl sites for hydroxylation is 1. The smallest absolute Gasteiger partial charge is 0.335 e. The maximum Gasteiger partial charge on any atom is 0.335 e. The first kappa shape index (κ1) is 15.9. The molecule has 0 saturated carbocycles. The van der Waals surface area contributed by atoms with E-state index in [-0.39, 0.29) is 16.8 Å². The summed E-state index contributed by atoms with van der Waals surface area (Å²) in [6, 6.07) is 5.10. The highest BCUT2D eigenvalue weighted by Gasteiger charge is 2.32. The molecule has 21 heavy (non-hydrogen) atoms. The summed E-state index contributed by atoms with van der Waals surface area (Å²) in [6.45, 7) is 6.78. The lowest BCUT2D eigenvalue weighted by Crippen LogP contribution is -2.33. The van der Waals surface area contributed by atoms with Gasteiger partial charge in [0.2, 0.25) is 5.91 Å². The van der Waals surface area contributed by atoms with Gasteiger partial charge in [0.1, 0.15) is 0 Å². The lowest BCUT2D eigenvalue weighted by Gasteiger charge is -2.26. The van der Waals surface area contributed by atoms with Gasteiger partial charge < -0.3 is 10.0 Å². The molecule has 0 radical (unpaired) electrons. The minimum absolute atomic E-state index is 0.173. The van der Waals surface area contributed by atoms with Gasteiger partial charge in [-0.1, -0.05) is 19.9 Å². The molecule has 114 valence electrons. The summed E-state index contributed by atoms with van der Waals surface area (Å²) < 4.78 is 0. The van der Waals surface area contributed by atoms with E-state index in [2.05, 4.69) is 13.8 Å². The van der Waals surface area contributed by atoms with Crippen LogP contribution in [0.5, 0.6) is 0 Å². The Balaban J connectivity index is 2.16. The van der Waals surface area contributed by atoms with Crippen LogP contribution in [-0.2, 0) is 11.3 Å². The van der Waals surface area contributed by atoms with Gasteiger partial charge in [-0.3, -0.25) is 4.79 Å². The third kappa shape index (κ3) is 3.79. The fourth-order valence-corrected chi connectivity index (χ4v) is 3.87. The van der Waals surface area contributed by atoms with Crippen LogP contribution in [0.15, 0.2) is 18.2 Å². The van der Waals surface area contributed by atoms with Crippen molar-refractivity contribution in [2.75, 3.05) is 5.75 Å². The van der Waals surface area contributed by atoms with Crippen LogP contribution in [0.25, 0.3) is 0 Å². The molecular weight excluding hydrogens is 286 g/mol. The minimum Gasteiger partial charge on any atom is -0.478 e. The largest absolute Gasteiger partial charge is 0.478 e. The predicted octanol–water partition coefficient (Wildman–Crippen LogP) is 3.14. The van der Waals surface area contributed by atoms with Crippen molar-refractivity contribution in [3.8, 4) is 0 Å². The molecule has 1 aliphatic rings. The van der Waals surface area contributed by atoms with E-state index in [0.29, 0.717) is 18.2 Å². The van der Waals surface area contributed by atoms with E-state index in [9.17, 15) is 9.59 Å². The normalized spacial score (nSPS) is 18.6. The number of hydrogen-bond acceptors (Lipinski definition) is 3. The third-order valence-corrected chi connectivity index (χ3v) is 4.92. The van der Waals surface area contributed by atoms with E-state index in [0.717, 1.165) is 17.5 Å². The molecule has 2 rings (SSSR count). The zero-order chi connectivity index (χ0) is 15.6. The Morgan fingerprint density at radius 3 is 2.76 bits per heavy atom. The van der Waals surface area contributed by atoms with Crippen molar-refractivity contribution in [3.63, 3.8) is 0 Å².